The SMILES string of the molecule is CC(O)CCN(C)CCCNC1CC1. The van der Waals surface area contributed by atoms with E-state index in [1.165, 1.54) is 19.3 Å². The van der Waals surface area contributed by atoms with Crippen molar-refractivity contribution in [3.63, 3.8) is 0 Å². The Kier molecular flexibility index (Phi) is 5.45. The quantitative estimate of drug-likeness (QED) is 0.570. The van der Waals surface area contributed by atoms with Crippen LogP contribution < -0.4 is 5.32 Å². The van der Waals surface area contributed by atoms with Crippen LogP contribution in [0, 0.1) is 0 Å². The molecule has 0 bridgehead atoms. The highest BCUT2D eigenvalue weighted by molar-refractivity contribution is 4.80. The molecule has 1 aliphatic carbocycles. The number of nitrogens with one attached hydrogen (secondary N) is 1. The van der Waals surface area contributed by atoms with E-state index in [-0.39, 0.29) is 6.10 Å². The third-order valence-corrected chi connectivity index (χ3v) is 2.66. The summed E-state index contributed by atoms with van der Waals surface area (Å²) in [5.41, 5.74) is 0. The minimum absolute atomic E-state index is 0.165. The van der Waals surface area contributed by atoms with Crippen LogP contribution in [0.4, 0.5) is 0 Å². The second-order valence-corrected chi connectivity index (χ2v) is 4.52. The van der Waals surface area contributed by atoms with E-state index in [0.717, 1.165) is 32.1 Å². The van der Waals surface area contributed by atoms with Gasteiger partial charge in [-0.15, -0.1) is 0 Å². The molecular weight excluding hydrogens is 176 g/mol. The Hall–Kier alpha value is -0.120. The van der Waals surface area contributed by atoms with E-state index in [1.807, 2.05) is 6.92 Å². The molecule has 0 amide bonds. The minimum atomic E-state index is -0.165. The zero-order valence-corrected chi connectivity index (χ0v) is 9.50. The maximum Gasteiger partial charge on any atom is 0.0524 e. The molecular formula is C11H24N2O. The van der Waals surface area contributed by atoms with E-state index in [1.54, 1.807) is 0 Å². The molecule has 2 N–H and O–H groups in total. The topological polar surface area (TPSA) is 35.5 Å². The van der Waals surface area contributed by atoms with Crippen molar-refractivity contribution >= 4 is 0 Å². The molecule has 0 aromatic rings. The lowest BCUT2D eigenvalue weighted by Gasteiger charge is -2.17. The fraction of sp³-hybridized carbons (Fsp3) is 1.00. The fourth-order valence-electron chi connectivity index (χ4n) is 1.46. The van der Waals surface area contributed by atoms with Gasteiger partial charge in [-0.1, -0.05) is 0 Å². The summed E-state index contributed by atoms with van der Waals surface area (Å²) in [7, 11) is 2.12. The van der Waals surface area contributed by atoms with Crippen molar-refractivity contribution in [2.45, 2.75) is 44.8 Å². The molecule has 1 aliphatic rings. The van der Waals surface area contributed by atoms with Gasteiger partial charge >= 0.3 is 0 Å². The van der Waals surface area contributed by atoms with Gasteiger partial charge in [0.05, 0.1) is 6.10 Å². The van der Waals surface area contributed by atoms with Crippen molar-refractivity contribution in [2.75, 3.05) is 26.7 Å². The number of hydrogen-bond acceptors (Lipinski definition) is 3. The van der Waals surface area contributed by atoms with Gasteiger partial charge in [0.1, 0.15) is 0 Å². The summed E-state index contributed by atoms with van der Waals surface area (Å²) in [5, 5.41) is 12.6. The second-order valence-electron chi connectivity index (χ2n) is 4.52. The summed E-state index contributed by atoms with van der Waals surface area (Å²) in [6.07, 6.45) is 4.68. The van der Waals surface area contributed by atoms with Crippen LogP contribution in [-0.4, -0.2) is 48.8 Å². The molecule has 0 spiro atoms. The molecule has 0 saturated heterocycles. The third kappa shape index (κ3) is 6.35. The molecule has 3 nitrogen and oxygen atoms in total. The van der Waals surface area contributed by atoms with Gasteiger partial charge in [-0.3, -0.25) is 0 Å². The maximum atomic E-state index is 9.11. The predicted octanol–water partition coefficient (Wildman–Crippen LogP) is 0.831. The van der Waals surface area contributed by atoms with E-state index < -0.39 is 0 Å². The van der Waals surface area contributed by atoms with Gasteiger partial charge in [-0.05, 0) is 52.7 Å². The van der Waals surface area contributed by atoms with Crippen molar-refractivity contribution in [1.82, 2.24) is 10.2 Å². The molecule has 1 atom stereocenters. The fourth-order valence-corrected chi connectivity index (χ4v) is 1.46. The Morgan fingerprint density at radius 2 is 2.14 bits per heavy atom. The zero-order valence-electron chi connectivity index (χ0n) is 9.50. The smallest absolute Gasteiger partial charge is 0.0524 e. The monoisotopic (exact) mass is 200 g/mol. The van der Waals surface area contributed by atoms with Gasteiger partial charge < -0.3 is 15.3 Å². The first-order valence-electron chi connectivity index (χ1n) is 5.78. The molecule has 14 heavy (non-hydrogen) atoms. The molecule has 0 radical (unpaired) electrons. The molecule has 84 valence electrons. The summed E-state index contributed by atoms with van der Waals surface area (Å²) in [4.78, 5) is 2.29. The van der Waals surface area contributed by atoms with E-state index in [4.69, 9.17) is 5.11 Å². The molecule has 0 aromatic carbocycles. The van der Waals surface area contributed by atoms with Crippen molar-refractivity contribution < 1.29 is 5.11 Å². The lowest BCUT2D eigenvalue weighted by molar-refractivity contribution is 0.164. The van der Waals surface area contributed by atoms with E-state index in [0.29, 0.717) is 0 Å². The lowest BCUT2D eigenvalue weighted by Crippen LogP contribution is -2.27. The summed E-state index contributed by atoms with van der Waals surface area (Å²) in [5.74, 6) is 0. The van der Waals surface area contributed by atoms with Crippen LogP contribution in [0.15, 0.2) is 0 Å². The number of nitrogens with zero attached hydrogens (tertiary/aromatic N) is 1. The van der Waals surface area contributed by atoms with Crippen LogP contribution in [0.3, 0.4) is 0 Å². The Bertz CT molecular complexity index is 146. The average Bonchev–Trinajstić information content (AvgIpc) is 2.92. The van der Waals surface area contributed by atoms with Crippen LogP contribution in [-0.2, 0) is 0 Å². The van der Waals surface area contributed by atoms with Gasteiger partial charge in [-0.25, -0.2) is 0 Å². The average molecular weight is 200 g/mol. The molecule has 0 aliphatic heterocycles. The number of rotatable bonds is 8. The third-order valence-electron chi connectivity index (χ3n) is 2.66. The van der Waals surface area contributed by atoms with Crippen LogP contribution in [0.25, 0.3) is 0 Å². The molecule has 1 saturated carbocycles. The summed E-state index contributed by atoms with van der Waals surface area (Å²) >= 11 is 0. The number of aliphatic hydroxyl groups excluding tert-OH is 1. The zero-order chi connectivity index (χ0) is 10.4. The Morgan fingerprint density at radius 1 is 1.43 bits per heavy atom. The van der Waals surface area contributed by atoms with E-state index in [9.17, 15) is 0 Å². The Labute approximate surface area is 87.5 Å². The van der Waals surface area contributed by atoms with Crippen molar-refractivity contribution in [3.8, 4) is 0 Å². The van der Waals surface area contributed by atoms with Crippen LogP contribution in [0.1, 0.15) is 32.6 Å². The lowest BCUT2D eigenvalue weighted by atomic mass is 10.2. The summed E-state index contributed by atoms with van der Waals surface area (Å²) in [6.45, 7) is 5.12. The standard InChI is InChI=1S/C11H24N2O/c1-10(14)6-9-13(2)8-3-7-12-11-4-5-11/h10-12,14H,3-9H2,1-2H3. The molecule has 1 rings (SSSR count). The number of aliphatic hydroxyl groups is 1. The van der Waals surface area contributed by atoms with E-state index in [2.05, 4.69) is 17.3 Å². The molecule has 0 heterocycles. The first-order chi connectivity index (χ1) is 6.68. The predicted molar refractivity (Wildman–Crippen MR) is 59.4 cm³/mol. The van der Waals surface area contributed by atoms with Crippen LogP contribution >= 0.6 is 0 Å². The molecule has 3 heteroatoms. The maximum absolute atomic E-state index is 9.11. The number of hydrogen-bond donors (Lipinski definition) is 2. The molecule has 0 aromatic heterocycles. The highest BCUT2D eigenvalue weighted by Gasteiger charge is 2.19. The van der Waals surface area contributed by atoms with Crippen LogP contribution in [0.2, 0.25) is 0 Å². The van der Waals surface area contributed by atoms with Gasteiger partial charge in [-0.2, -0.15) is 0 Å². The molecule has 1 fully saturated rings. The first-order valence-corrected chi connectivity index (χ1v) is 5.78. The van der Waals surface area contributed by atoms with Gasteiger partial charge in [0, 0.05) is 12.6 Å². The van der Waals surface area contributed by atoms with Crippen molar-refractivity contribution in [1.29, 1.82) is 0 Å². The van der Waals surface area contributed by atoms with Crippen LogP contribution in [0.5, 0.6) is 0 Å². The normalized spacial score (nSPS) is 18.9. The largest absolute Gasteiger partial charge is 0.393 e. The Morgan fingerprint density at radius 3 is 2.71 bits per heavy atom. The highest BCUT2D eigenvalue weighted by Crippen LogP contribution is 2.18. The summed E-state index contributed by atoms with van der Waals surface area (Å²) < 4.78 is 0. The van der Waals surface area contributed by atoms with E-state index >= 15 is 0 Å². The minimum Gasteiger partial charge on any atom is -0.393 e. The Balaban J connectivity index is 1.83. The first kappa shape index (κ1) is 12.0. The molecule has 1 unspecified atom stereocenters. The highest BCUT2D eigenvalue weighted by atomic mass is 16.3. The van der Waals surface area contributed by atoms with Gasteiger partial charge in [0.25, 0.3) is 0 Å². The summed E-state index contributed by atoms with van der Waals surface area (Å²) in [6, 6.07) is 0.831. The van der Waals surface area contributed by atoms with Gasteiger partial charge in [0.2, 0.25) is 0 Å². The van der Waals surface area contributed by atoms with Crippen molar-refractivity contribution in [2.24, 2.45) is 0 Å². The van der Waals surface area contributed by atoms with Crippen molar-refractivity contribution in [3.05, 3.63) is 0 Å². The second kappa shape index (κ2) is 6.38. The van der Waals surface area contributed by atoms with Gasteiger partial charge in [0.15, 0.2) is 0 Å².